The number of hydrogen-bond acceptors (Lipinski definition) is 6. The topological polar surface area (TPSA) is 93.0 Å². The Labute approximate surface area is 220 Å². The molecular weight excluding hydrogens is 490 g/mol. The highest BCUT2D eigenvalue weighted by Crippen LogP contribution is 2.19. The van der Waals surface area contributed by atoms with Crippen molar-refractivity contribution in [1.29, 1.82) is 0 Å². The molecule has 2 aromatic carbocycles. The monoisotopic (exact) mass is 521 g/mol. The van der Waals surface area contributed by atoms with E-state index >= 15 is 0 Å². The lowest BCUT2D eigenvalue weighted by molar-refractivity contribution is -0.384. The molecule has 1 aromatic heterocycles. The lowest BCUT2D eigenvalue weighted by atomic mass is 10.2. The molecule has 0 spiro atoms. The highest BCUT2D eigenvalue weighted by Gasteiger charge is 2.21. The van der Waals surface area contributed by atoms with Gasteiger partial charge >= 0.3 is 0 Å². The number of hydrogen-bond donors (Lipinski definition) is 0. The molecule has 0 atom stereocenters. The fraction of sp³-hybridized carbons (Fsp3) is 0.286. The minimum absolute atomic E-state index is 0.0188. The van der Waals surface area contributed by atoms with Crippen LogP contribution in [0.4, 0.5) is 5.69 Å². The van der Waals surface area contributed by atoms with Crippen LogP contribution in [0.5, 0.6) is 0 Å². The summed E-state index contributed by atoms with van der Waals surface area (Å²) in [6, 6.07) is 19.8. The predicted octanol–water partition coefficient (Wildman–Crippen LogP) is 5.07. The molecule has 0 bridgehead atoms. The number of nitro benzene ring substituents is 1. The first kappa shape index (κ1) is 27.8. The summed E-state index contributed by atoms with van der Waals surface area (Å²) in [6.07, 6.45) is 3.57. The van der Waals surface area contributed by atoms with Crippen LogP contribution in [0, 0.1) is 17.0 Å². The maximum absolute atomic E-state index is 13.5. The first-order valence-electron chi connectivity index (χ1n) is 11.9. The standard InChI is InChI=1S/C28H31N3O5S/c1-22-9-15-26(37-22)20-30(19-24-7-4-3-5-8-24)28(33)21-29(17-6-18-36-2)27(32)16-12-23-10-13-25(14-11-23)31(34)35/h3-5,7-16H,6,17-21H2,1-2H3/b16-12+. The van der Waals surface area contributed by atoms with Crippen molar-refractivity contribution in [2.45, 2.75) is 26.4 Å². The third-order valence-electron chi connectivity index (χ3n) is 5.65. The molecule has 3 aromatic rings. The van der Waals surface area contributed by atoms with E-state index in [2.05, 4.69) is 0 Å². The molecule has 3 rings (SSSR count). The van der Waals surface area contributed by atoms with Gasteiger partial charge in [0.1, 0.15) is 6.54 Å². The van der Waals surface area contributed by atoms with Crippen LogP contribution in [0.2, 0.25) is 0 Å². The Morgan fingerprint density at radius 3 is 2.35 bits per heavy atom. The molecule has 0 saturated carbocycles. The van der Waals surface area contributed by atoms with Gasteiger partial charge in [-0.1, -0.05) is 30.3 Å². The molecule has 0 aliphatic heterocycles. The number of rotatable bonds is 13. The van der Waals surface area contributed by atoms with Crippen LogP contribution < -0.4 is 0 Å². The number of benzene rings is 2. The lowest BCUT2D eigenvalue weighted by Crippen LogP contribution is -2.42. The van der Waals surface area contributed by atoms with Gasteiger partial charge in [0, 0.05) is 54.8 Å². The summed E-state index contributed by atoms with van der Waals surface area (Å²) in [5, 5.41) is 10.9. The molecule has 8 nitrogen and oxygen atoms in total. The molecule has 0 saturated heterocycles. The van der Waals surface area contributed by atoms with Crippen molar-refractivity contribution in [2.75, 3.05) is 26.8 Å². The minimum Gasteiger partial charge on any atom is -0.385 e. The summed E-state index contributed by atoms with van der Waals surface area (Å²) in [4.78, 5) is 42.5. The first-order valence-corrected chi connectivity index (χ1v) is 12.7. The summed E-state index contributed by atoms with van der Waals surface area (Å²) in [5.41, 5.74) is 1.65. The summed E-state index contributed by atoms with van der Waals surface area (Å²) in [5.74, 6) is -0.459. The molecule has 37 heavy (non-hydrogen) atoms. The Morgan fingerprint density at radius 2 is 1.73 bits per heavy atom. The number of carbonyl (C=O) groups is 2. The summed E-state index contributed by atoms with van der Waals surface area (Å²) >= 11 is 1.65. The molecule has 194 valence electrons. The van der Waals surface area contributed by atoms with E-state index in [1.54, 1.807) is 41.6 Å². The van der Waals surface area contributed by atoms with Crippen LogP contribution in [-0.4, -0.2) is 53.3 Å². The summed E-state index contributed by atoms with van der Waals surface area (Å²) < 4.78 is 5.14. The average molecular weight is 522 g/mol. The third kappa shape index (κ3) is 8.96. The zero-order valence-electron chi connectivity index (χ0n) is 21.0. The molecule has 0 aliphatic rings. The van der Waals surface area contributed by atoms with E-state index in [4.69, 9.17) is 4.74 Å². The molecule has 1 heterocycles. The van der Waals surface area contributed by atoms with Crippen molar-refractivity contribution in [1.82, 2.24) is 9.80 Å². The van der Waals surface area contributed by atoms with Gasteiger partial charge in [-0.05, 0) is 54.8 Å². The lowest BCUT2D eigenvalue weighted by Gasteiger charge is -2.27. The van der Waals surface area contributed by atoms with Crippen molar-refractivity contribution < 1.29 is 19.2 Å². The second-order valence-electron chi connectivity index (χ2n) is 8.54. The predicted molar refractivity (Wildman–Crippen MR) is 145 cm³/mol. The summed E-state index contributed by atoms with van der Waals surface area (Å²) in [6.45, 7) is 3.70. The maximum atomic E-state index is 13.5. The average Bonchev–Trinajstić information content (AvgIpc) is 3.31. The Kier molecular flexibility index (Phi) is 10.5. The number of ether oxygens (including phenoxy) is 1. The highest BCUT2D eigenvalue weighted by atomic mass is 32.1. The number of carbonyl (C=O) groups excluding carboxylic acids is 2. The molecule has 0 N–H and O–H groups in total. The minimum atomic E-state index is -0.472. The van der Waals surface area contributed by atoms with Crippen molar-refractivity contribution >= 4 is 34.9 Å². The molecule has 2 amide bonds. The van der Waals surface area contributed by atoms with Crippen LogP contribution in [0.3, 0.4) is 0 Å². The second-order valence-corrected chi connectivity index (χ2v) is 9.91. The molecule has 0 unspecified atom stereocenters. The van der Waals surface area contributed by atoms with Gasteiger partial charge in [0.05, 0.1) is 11.5 Å². The first-order chi connectivity index (χ1) is 17.9. The Hall–Kier alpha value is -3.82. The van der Waals surface area contributed by atoms with Crippen LogP contribution in [-0.2, 0) is 27.4 Å². The van der Waals surface area contributed by atoms with E-state index in [0.29, 0.717) is 38.2 Å². The van der Waals surface area contributed by atoms with E-state index in [0.717, 1.165) is 10.4 Å². The van der Waals surface area contributed by atoms with Gasteiger partial charge in [0.15, 0.2) is 0 Å². The van der Waals surface area contributed by atoms with Crippen LogP contribution in [0.15, 0.2) is 72.8 Å². The van der Waals surface area contributed by atoms with Crippen molar-refractivity contribution in [3.8, 4) is 0 Å². The van der Waals surface area contributed by atoms with Crippen LogP contribution in [0.25, 0.3) is 6.08 Å². The van der Waals surface area contributed by atoms with Gasteiger partial charge in [0.25, 0.3) is 5.69 Å². The number of thiophene rings is 1. The van der Waals surface area contributed by atoms with Gasteiger partial charge in [-0.3, -0.25) is 19.7 Å². The SMILES string of the molecule is COCCCN(CC(=O)N(Cc1ccccc1)Cc1ccc(C)s1)C(=O)/C=C/c1ccc([N+](=O)[O-])cc1. The summed E-state index contributed by atoms with van der Waals surface area (Å²) in [7, 11) is 1.59. The van der Waals surface area contributed by atoms with Crippen molar-refractivity contribution in [2.24, 2.45) is 0 Å². The normalized spacial score (nSPS) is 11.0. The smallest absolute Gasteiger partial charge is 0.269 e. The maximum Gasteiger partial charge on any atom is 0.269 e. The molecular formula is C28H31N3O5S. The van der Waals surface area contributed by atoms with E-state index in [1.165, 1.54) is 28.0 Å². The molecule has 0 aliphatic carbocycles. The van der Waals surface area contributed by atoms with Crippen molar-refractivity contribution in [3.63, 3.8) is 0 Å². The number of aryl methyl sites for hydroxylation is 1. The molecule has 9 heteroatoms. The van der Waals surface area contributed by atoms with Gasteiger partial charge < -0.3 is 14.5 Å². The van der Waals surface area contributed by atoms with E-state index in [1.807, 2.05) is 49.4 Å². The number of amides is 2. The van der Waals surface area contributed by atoms with E-state index in [-0.39, 0.29) is 24.0 Å². The quantitative estimate of drug-likeness (QED) is 0.135. The Balaban J connectivity index is 1.75. The third-order valence-corrected chi connectivity index (χ3v) is 6.63. The van der Waals surface area contributed by atoms with Crippen LogP contribution in [0.1, 0.15) is 27.3 Å². The Bertz CT molecular complexity index is 1210. The fourth-order valence-corrected chi connectivity index (χ4v) is 4.61. The van der Waals surface area contributed by atoms with Gasteiger partial charge in [-0.2, -0.15) is 0 Å². The number of methoxy groups -OCH3 is 1. The highest BCUT2D eigenvalue weighted by molar-refractivity contribution is 7.11. The van der Waals surface area contributed by atoms with E-state index < -0.39 is 4.92 Å². The molecule has 0 radical (unpaired) electrons. The fourth-order valence-electron chi connectivity index (χ4n) is 3.70. The van der Waals surface area contributed by atoms with Gasteiger partial charge in [-0.25, -0.2) is 0 Å². The van der Waals surface area contributed by atoms with Gasteiger partial charge in [-0.15, -0.1) is 11.3 Å². The van der Waals surface area contributed by atoms with E-state index in [9.17, 15) is 19.7 Å². The zero-order valence-corrected chi connectivity index (χ0v) is 21.9. The second kappa shape index (κ2) is 14.1. The molecule has 0 fully saturated rings. The van der Waals surface area contributed by atoms with Crippen molar-refractivity contribution in [3.05, 3.63) is 104 Å². The largest absolute Gasteiger partial charge is 0.385 e. The van der Waals surface area contributed by atoms with Crippen LogP contribution >= 0.6 is 11.3 Å². The number of nitro groups is 1. The van der Waals surface area contributed by atoms with Gasteiger partial charge in [0.2, 0.25) is 11.8 Å². The number of non-ortho nitro benzene ring substituents is 1. The zero-order chi connectivity index (χ0) is 26.6. The Morgan fingerprint density at radius 1 is 1.00 bits per heavy atom. The number of nitrogens with zero attached hydrogens (tertiary/aromatic N) is 3.